The minimum Gasteiger partial charge on any atom is -0.478 e. The van der Waals surface area contributed by atoms with Crippen LogP contribution in [0.25, 0.3) is 0 Å². The van der Waals surface area contributed by atoms with Crippen molar-refractivity contribution in [1.82, 2.24) is 5.32 Å². The molecule has 0 aliphatic carbocycles. The number of carboxylic acid groups (broad SMARTS) is 1. The Hall–Kier alpha value is -1.36. The van der Waals surface area contributed by atoms with Crippen LogP contribution in [0.4, 0.5) is 0 Å². The second-order valence-electron chi connectivity index (χ2n) is 3.12. The lowest BCUT2D eigenvalue weighted by Gasteiger charge is -1.97. The fraction of sp³-hybridized carbons (Fsp3) is 0.333. The molecule has 0 atom stereocenters. The molecule has 0 saturated carbocycles. The first kappa shape index (κ1) is 9.21. The van der Waals surface area contributed by atoms with Gasteiger partial charge in [0.05, 0.1) is 10.4 Å². The van der Waals surface area contributed by atoms with Gasteiger partial charge in [-0.3, -0.25) is 4.79 Å². The molecular weight excluding hydrogens is 202 g/mol. The third-order valence-corrected chi connectivity index (χ3v) is 3.24. The molecule has 1 aliphatic rings. The van der Waals surface area contributed by atoms with Crippen molar-refractivity contribution in [1.29, 1.82) is 0 Å². The van der Waals surface area contributed by atoms with Crippen molar-refractivity contribution >= 4 is 23.2 Å². The Balaban J connectivity index is 2.50. The van der Waals surface area contributed by atoms with Crippen LogP contribution >= 0.6 is 11.3 Å². The zero-order chi connectivity index (χ0) is 10.1. The molecule has 2 rings (SSSR count). The average Bonchev–Trinajstić information content (AvgIpc) is 2.48. The van der Waals surface area contributed by atoms with Gasteiger partial charge in [-0.2, -0.15) is 0 Å². The molecule has 74 valence electrons. The van der Waals surface area contributed by atoms with E-state index in [9.17, 15) is 9.59 Å². The Morgan fingerprint density at radius 2 is 2.36 bits per heavy atom. The van der Waals surface area contributed by atoms with Gasteiger partial charge in [0, 0.05) is 11.9 Å². The minimum atomic E-state index is -0.947. The van der Waals surface area contributed by atoms with Crippen molar-refractivity contribution in [3.8, 4) is 0 Å². The van der Waals surface area contributed by atoms with Crippen LogP contribution in [-0.4, -0.2) is 23.5 Å². The van der Waals surface area contributed by atoms with Gasteiger partial charge in [-0.15, -0.1) is 11.3 Å². The van der Waals surface area contributed by atoms with Gasteiger partial charge in [0.2, 0.25) is 0 Å². The standard InChI is InChI=1S/C9H9NO3S/c11-8-7-5(2-1-3-10-8)6(4-14-7)9(12)13/h4H,1-3H2,(H,10,11)(H,12,13). The predicted molar refractivity (Wildman–Crippen MR) is 51.9 cm³/mol. The van der Waals surface area contributed by atoms with E-state index < -0.39 is 5.97 Å². The molecular formula is C9H9NO3S. The number of thiophene rings is 1. The highest BCUT2D eigenvalue weighted by Gasteiger charge is 2.22. The molecule has 5 heteroatoms. The van der Waals surface area contributed by atoms with Crippen LogP contribution in [0.2, 0.25) is 0 Å². The number of hydrogen-bond donors (Lipinski definition) is 2. The zero-order valence-electron chi connectivity index (χ0n) is 7.37. The van der Waals surface area contributed by atoms with E-state index in [1.807, 2.05) is 0 Å². The molecule has 1 aromatic heterocycles. The number of rotatable bonds is 1. The van der Waals surface area contributed by atoms with Crippen LogP contribution in [-0.2, 0) is 6.42 Å². The monoisotopic (exact) mass is 211 g/mol. The number of fused-ring (bicyclic) bond motifs is 1. The normalized spacial score (nSPS) is 15.6. The molecule has 4 nitrogen and oxygen atoms in total. The molecule has 14 heavy (non-hydrogen) atoms. The largest absolute Gasteiger partial charge is 0.478 e. The van der Waals surface area contributed by atoms with Gasteiger partial charge in [-0.1, -0.05) is 0 Å². The fourth-order valence-electron chi connectivity index (χ4n) is 1.55. The summed E-state index contributed by atoms with van der Waals surface area (Å²) < 4.78 is 0. The number of aromatic carboxylic acids is 1. The average molecular weight is 211 g/mol. The molecule has 1 aromatic rings. The summed E-state index contributed by atoms with van der Waals surface area (Å²) in [6, 6.07) is 0. The lowest BCUT2D eigenvalue weighted by Crippen LogP contribution is -2.21. The predicted octanol–water partition coefficient (Wildman–Crippen LogP) is 1.12. The van der Waals surface area contributed by atoms with Crippen molar-refractivity contribution < 1.29 is 14.7 Å². The van der Waals surface area contributed by atoms with Crippen molar-refractivity contribution in [2.45, 2.75) is 12.8 Å². The Morgan fingerprint density at radius 1 is 1.57 bits per heavy atom. The van der Waals surface area contributed by atoms with Crippen LogP contribution < -0.4 is 5.32 Å². The van der Waals surface area contributed by atoms with Crippen molar-refractivity contribution in [3.63, 3.8) is 0 Å². The van der Waals surface area contributed by atoms with Crippen LogP contribution in [0.5, 0.6) is 0 Å². The van der Waals surface area contributed by atoms with Crippen LogP contribution in [0.3, 0.4) is 0 Å². The lowest BCUT2D eigenvalue weighted by atomic mass is 10.1. The lowest BCUT2D eigenvalue weighted by molar-refractivity contribution is 0.0696. The van der Waals surface area contributed by atoms with E-state index in [-0.39, 0.29) is 11.5 Å². The van der Waals surface area contributed by atoms with E-state index in [0.29, 0.717) is 23.4 Å². The molecule has 1 aliphatic heterocycles. The van der Waals surface area contributed by atoms with Crippen LogP contribution in [0.15, 0.2) is 5.38 Å². The summed E-state index contributed by atoms with van der Waals surface area (Å²) in [6.07, 6.45) is 1.47. The van der Waals surface area contributed by atoms with E-state index in [4.69, 9.17) is 5.11 Å². The van der Waals surface area contributed by atoms with Gasteiger partial charge in [-0.05, 0) is 18.4 Å². The summed E-state index contributed by atoms with van der Waals surface area (Å²) in [5.74, 6) is -1.09. The minimum absolute atomic E-state index is 0.144. The maximum atomic E-state index is 11.4. The molecule has 2 N–H and O–H groups in total. The summed E-state index contributed by atoms with van der Waals surface area (Å²) in [7, 11) is 0. The SMILES string of the molecule is O=C(O)c1csc2c1CCCNC2=O. The smallest absolute Gasteiger partial charge is 0.336 e. The highest BCUT2D eigenvalue weighted by molar-refractivity contribution is 7.12. The Bertz CT molecular complexity index is 397. The van der Waals surface area contributed by atoms with E-state index in [2.05, 4.69) is 5.32 Å². The quantitative estimate of drug-likeness (QED) is 0.731. The van der Waals surface area contributed by atoms with Crippen LogP contribution in [0.1, 0.15) is 32.0 Å². The number of nitrogens with one attached hydrogen (secondary N) is 1. The highest BCUT2D eigenvalue weighted by atomic mass is 32.1. The third kappa shape index (κ3) is 1.39. The number of carboxylic acids is 1. The zero-order valence-corrected chi connectivity index (χ0v) is 8.19. The first-order valence-electron chi connectivity index (χ1n) is 4.32. The van der Waals surface area contributed by atoms with Gasteiger partial charge in [0.15, 0.2) is 0 Å². The second-order valence-corrected chi connectivity index (χ2v) is 4.00. The topological polar surface area (TPSA) is 66.4 Å². The molecule has 0 bridgehead atoms. The number of amides is 1. The van der Waals surface area contributed by atoms with Crippen molar-refractivity contribution in [3.05, 3.63) is 21.4 Å². The summed E-state index contributed by atoms with van der Waals surface area (Å²) in [5, 5.41) is 13.2. The van der Waals surface area contributed by atoms with Gasteiger partial charge in [0.1, 0.15) is 0 Å². The van der Waals surface area contributed by atoms with E-state index in [0.717, 1.165) is 6.42 Å². The molecule has 2 heterocycles. The molecule has 0 unspecified atom stereocenters. The molecule has 0 aromatic carbocycles. The van der Waals surface area contributed by atoms with E-state index >= 15 is 0 Å². The van der Waals surface area contributed by atoms with Crippen molar-refractivity contribution in [2.75, 3.05) is 6.54 Å². The van der Waals surface area contributed by atoms with Crippen molar-refractivity contribution in [2.24, 2.45) is 0 Å². The molecule has 1 amide bonds. The molecule has 0 fully saturated rings. The summed E-state index contributed by atoms with van der Waals surface area (Å²) in [4.78, 5) is 22.8. The molecule has 0 spiro atoms. The van der Waals surface area contributed by atoms with Gasteiger partial charge in [0.25, 0.3) is 5.91 Å². The Labute approximate surface area is 84.6 Å². The Morgan fingerprint density at radius 3 is 3.07 bits per heavy atom. The number of carbonyl (C=O) groups is 2. The first-order valence-corrected chi connectivity index (χ1v) is 5.20. The van der Waals surface area contributed by atoms with Crippen LogP contribution in [0, 0.1) is 0 Å². The fourth-order valence-corrected chi connectivity index (χ4v) is 2.56. The number of carbonyl (C=O) groups excluding carboxylic acids is 1. The second kappa shape index (κ2) is 3.42. The maximum absolute atomic E-state index is 11.4. The number of hydrogen-bond acceptors (Lipinski definition) is 3. The summed E-state index contributed by atoms with van der Waals surface area (Å²) in [5.41, 5.74) is 0.972. The maximum Gasteiger partial charge on any atom is 0.336 e. The Kier molecular flexibility index (Phi) is 2.25. The third-order valence-electron chi connectivity index (χ3n) is 2.22. The van der Waals surface area contributed by atoms with Gasteiger partial charge >= 0.3 is 5.97 Å². The first-order chi connectivity index (χ1) is 6.70. The molecule has 0 radical (unpaired) electrons. The van der Waals surface area contributed by atoms with Gasteiger partial charge < -0.3 is 10.4 Å². The highest BCUT2D eigenvalue weighted by Crippen LogP contribution is 2.25. The summed E-state index contributed by atoms with van der Waals surface area (Å²) in [6.45, 7) is 0.624. The summed E-state index contributed by atoms with van der Waals surface area (Å²) >= 11 is 1.21. The molecule has 0 saturated heterocycles. The van der Waals surface area contributed by atoms with E-state index in [1.54, 1.807) is 0 Å². The van der Waals surface area contributed by atoms with E-state index in [1.165, 1.54) is 16.7 Å². The van der Waals surface area contributed by atoms with Gasteiger partial charge in [-0.25, -0.2) is 4.79 Å².